The van der Waals surface area contributed by atoms with E-state index in [1.807, 2.05) is 0 Å². The Balaban J connectivity index is 1.84. The molecular weight excluding hydrogens is 390 g/mol. The average molecular weight is 418 g/mol. The van der Waals surface area contributed by atoms with E-state index in [1.54, 1.807) is 69.7 Å². The summed E-state index contributed by atoms with van der Waals surface area (Å²) in [5.74, 6) is 2.22. The van der Waals surface area contributed by atoms with Gasteiger partial charge in [-0.3, -0.25) is 0 Å². The molecule has 3 N–H and O–H groups in total. The van der Waals surface area contributed by atoms with E-state index >= 15 is 0 Å². The highest BCUT2D eigenvalue weighted by Crippen LogP contribution is 2.25. The first-order chi connectivity index (χ1) is 14.5. The van der Waals surface area contributed by atoms with Gasteiger partial charge in [-0.15, -0.1) is 0 Å². The topological polar surface area (TPSA) is 100 Å². The maximum Gasteiger partial charge on any atom is 0.367 e. The van der Waals surface area contributed by atoms with Gasteiger partial charge in [-0.25, -0.2) is 4.79 Å². The van der Waals surface area contributed by atoms with Crippen LogP contribution in [0, 0.1) is 0 Å². The normalized spacial score (nSPS) is 24.6. The van der Waals surface area contributed by atoms with Crippen molar-refractivity contribution in [2.75, 3.05) is 27.4 Å². The zero-order valence-electron chi connectivity index (χ0n) is 17.4. The Hall–Kier alpha value is -2.97. The summed E-state index contributed by atoms with van der Waals surface area (Å²) in [5, 5.41) is 0. The van der Waals surface area contributed by atoms with E-state index in [0.29, 0.717) is 17.2 Å². The zero-order valence-corrected chi connectivity index (χ0v) is 17.4. The molecule has 1 aliphatic rings. The highest BCUT2D eigenvalue weighted by atomic mass is 16.6. The highest BCUT2D eigenvalue weighted by molar-refractivity contribution is 5.74. The van der Waals surface area contributed by atoms with E-state index in [2.05, 4.69) is 5.73 Å². The molecule has 1 aliphatic heterocycles. The molecule has 0 aliphatic carbocycles. The molecule has 3 rings (SSSR count). The fourth-order valence-electron chi connectivity index (χ4n) is 3.05. The van der Waals surface area contributed by atoms with Crippen LogP contribution in [0.1, 0.15) is 6.92 Å². The summed E-state index contributed by atoms with van der Waals surface area (Å²) in [7, 11) is 3.20. The van der Waals surface area contributed by atoms with Gasteiger partial charge in [0.05, 0.1) is 20.8 Å². The Morgan fingerprint density at radius 1 is 0.833 bits per heavy atom. The van der Waals surface area contributed by atoms with Crippen LogP contribution in [0.4, 0.5) is 0 Å². The predicted molar refractivity (Wildman–Crippen MR) is 108 cm³/mol. The molecular formula is C22H28NO7+. The van der Waals surface area contributed by atoms with Gasteiger partial charge in [-0.1, -0.05) is 0 Å². The molecule has 1 heterocycles. The van der Waals surface area contributed by atoms with E-state index in [9.17, 15) is 4.79 Å². The molecule has 2 aromatic rings. The fourth-order valence-corrected chi connectivity index (χ4v) is 3.05. The second kappa shape index (κ2) is 10.2. The molecule has 8 nitrogen and oxygen atoms in total. The number of carbonyl (C=O) groups is 1. The van der Waals surface area contributed by atoms with Crippen LogP contribution in [0.5, 0.6) is 23.0 Å². The SMILES string of the molecule is COc1ccc(O[C@H]2[C@H](C)OC(=O)[C@@H]([NH3+])COC[C@@H]2Oc2ccc(OC)cc2)cc1. The number of rotatable bonds is 6. The monoisotopic (exact) mass is 418 g/mol. The quantitative estimate of drug-likeness (QED) is 0.709. The molecule has 0 unspecified atom stereocenters. The van der Waals surface area contributed by atoms with Gasteiger partial charge < -0.3 is 34.2 Å². The van der Waals surface area contributed by atoms with Crippen LogP contribution >= 0.6 is 0 Å². The zero-order chi connectivity index (χ0) is 21.5. The molecule has 1 saturated heterocycles. The van der Waals surface area contributed by atoms with Crippen LogP contribution in [0.15, 0.2) is 48.5 Å². The Labute approximate surface area is 175 Å². The second-order valence-corrected chi connectivity index (χ2v) is 6.97. The van der Waals surface area contributed by atoms with Crippen molar-refractivity contribution in [1.29, 1.82) is 0 Å². The van der Waals surface area contributed by atoms with Gasteiger partial charge in [0, 0.05) is 0 Å². The molecule has 0 spiro atoms. The summed E-state index contributed by atoms with van der Waals surface area (Å²) in [4.78, 5) is 12.3. The molecule has 0 amide bonds. The third-order valence-corrected chi connectivity index (χ3v) is 4.74. The number of hydrogen-bond acceptors (Lipinski definition) is 7. The summed E-state index contributed by atoms with van der Waals surface area (Å²) in [6.45, 7) is 2.12. The molecule has 162 valence electrons. The molecule has 0 aromatic heterocycles. The van der Waals surface area contributed by atoms with E-state index in [0.717, 1.165) is 5.75 Å². The summed E-state index contributed by atoms with van der Waals surface area (Å²) < 4.78 is 34.0. The van der Waals surface area contributed by atoms with Gasteiger partial charge in [0.15, 0.2) is 12.2 Å². The number of ether oxygens (including phenoxy) is 6. The molecule has 0 bridgehead atoms. The number of cyclic esters (lactones) is 1. The van der Waals surface area contributed by atoms with Gasteiger partial charge >= 0.3 is 5.97 Å². The van der Waals surface area contributed by atoms with Crippen LogP contribution in [0.25, 0.3) is 0 Å². The first-order valence-electron chi connectivity index (χ1n) is 9.73. The van der Waals surface area contributed by atoms with Crippen LogP contribution in [-0.4, -0.2) is 57.8 Å². The maximum atomic E-state index is 12.3. The number of benzene rings is 2. The first kappa shape index (κ1) is 21.7. The first-order valence-corrected chi connectivity index (χ1v) is 9.73. The summed E-state index contributed by atoms with van der Waals surface area (Å²) in [6, 6.07) is 13.8. The standard InChI is InChI=1S/C22H27NO7/c1-14-21(30-18-10-6-16(26-3)7-11-18)20(13-27-12-19(23)22(24)28-14)29-17-8-4-15(25-2)5-9-17/h4-11,14,19-21H,12-13,23H2,1-3H3/p+1/t14-,19-,20-,21-/m0/s1. The smallest absolute Gasteiger partial charge is 0.367 e. The number of quaternary nitrogens is 1. The van der Waals surface area contributed by atoms with Gasteiger partial charge in [0.1, 0.15) is 35.7 Å². The second-order valence-electron chi connectivity index (χ2n) is 6.97. The van der Waals surface area contributed by atoms with E-state index in [4.69, 9.17) is 28.4 Å². The van der Waals surface area contributed by atoms with Crippen molar-refractivity contribution in [2.45, 2.75) is 31.3 Å². The van der Waals surface area contributed by atoms with Crippen molar-refractivity contribution in [3.63, 3.8) is 0 Å². The van der Waals surface area contributed by atoms with Crippen molar-refractivity contribution in [3.05, 3.63) is 48.5 Å². The number of methoxy groups -OCH3 is 2. The van der Waals surface area contributed by atoms with E-state index in [1.165, 1.54) is 0 Å². The number of hydrogen-bond donors (Lipinski definition) is 1. The highest BCUT2D eigenvalue weighted by Gasteiger charge is 2.37. The molecule has 30 heavy (non-hydrogen) atoms. The lowest BCUT2D eigenvalue weighted by Gasteiger charge is -2.31. The summed E-state index contributed by atoms with van der Waals surface area (Å²) in [5.41, 5.74) is 3.80. The Kier molecular flexibility index (Phi) is 7.37. The van der Waals surface area contributed by atoms with Crippen LogP contribution in [0.3, 0.4) is 0 Å². The molecule has 2 aromatic carbocycles. The predicted octanol–water partition coefficient (Wildman–Crippen LogP) is 1.47. The number of esters is 1. The molecule has 0 radical (unpaired) electrons. The Morgan fingerprint density at radius 2 is 1.33 bits per heavy atom. The lowest BCUT2D eigenvalue weighted by Crippen LogP contribution is -2.67. The Bertz CT molecular complexity index is 809. The van der Waals surface area contributed by atoms with Crippen molar-refractivity contribution in [2.24, 2.45) is 0 Å². The fraction of sp³-hybridized carbons (Fsp3) is 0.409. The van der Waals surface area contributed by atoms with Gasteiger partial charge in [-0.2, -0.15) is 0 Å². The summed E-state index contributed by atoms with van der Waals surface area (Å²) in [6.07, 6.45) is -1.74. The summed E-state index contributed by atoms with van der Waals surface area (Å²) >= 11 is 0. The van der Waals surface area contributed by atoms with Gasteiger partial charge in [0.25, 0.3) is 0 Å². The van der Waals surface area contributed by atoms with Crippen molar-refractivity contribution >= 4 is 5.97 Å². The minimum atomic E-state index is -0.617. The van der Waals surface area contributed by atoms with Gasteiger partial charge in [0.2, 0.25) is 6.04 Å². The average Bonchev–Trinajstić information content (AvgIpc) is 2.81. The van der Waals surface area contributed by atoms with Crippen molar-refractivity contribution in [1.82, 2.24) is 0 Å². The van der Waals surface area contributed by atoms with Crippen molar-refractivity contribution < 1.29 is 38.9 Å². The third-order valence-electron chi connectivity index (χ3n) is 4.74. The molecule has 1 fully saturated rings. The minimum absolute atomic E-state index is 0.142. The van der Waals surface area contributed by atoms with E-state index < -0.39 is 30.3 Å². The third kappa shape index (κ3) is 5.55. The van der Waals surface area contributed by atoms with Crippen LogP contribution in [-0.2, 0) is 14.3 Å². The van der Waals surface area contributed by atoms with Crippen LogP contribution in [0.2, 0.25) is 0 Å². The molecule has 4 atom stereocenters. The largest absolute Gasteiger partial charge is 0.497 e. The van der Waals surface area contributed by atoms with Gasteiger partial charge in [-0.05, 0) is 55.5 Å². The molecule has 8 heteroatoms. The van der Waals surface area contributed by atoms with Crippen molar-refractivity contribution in [3.8, 4) is 23.0 Å². The number of carbonyl (C=O) groups excluding carboxylic acids is 1. The van der Waals surface area contributed by atoms with E-state index in [-0.39, 0.29) is 13.2 Å². The maximum absolute atomic E-state index is 12.3. The lowest BCUT2D eigenvalue weighted by atomic mass is 10.1. The Morgan fingerprint density at radius 3 is 1.87 bits per heavy atom. The van der Waals surface area contributed by atoms with Crippen LogP contribution < -0.4 is 24.7 Å². The lowest BCUT2D eigenvalue weighted by molar-refractivity contribution is -0.415. The molecule has 0 saturated carbocycles. The minimum Gasteiger partial charge on any atom is -0.497 e.